The highest BCUT2D eigenvalue weighted by Crippen LogP contribution is 1.91. The Balaban J connectivity index is 3.56. The smallest absolute Gasteiger partial charge is 0.120 e. The van der Waals surface area contributed by atoms with E-state index in [1.54, 1.807) is 12.0 Å². The van der Waals surface area contributed by atoms with Crippen molar-refractivity contribution in [3.05, 3.63) is 18.7 Å². The van der Waals surface area contributed by atoms with Crippen molar-refractivity contribution in [3.8, 4) is 0 Å². The Bertz CT molecular complexity index is 98.7. The molecular formula is C6H8O. The molecule has 7 heavy (non-hydrogen) atoms. The minimum Gasteiger partial charge on any atom is -0.234 e. The van der Waals surface area contributed by atoms with Gasteiger partial charge in [-0.25, -0.2) is 4.79 Å². The van der Waals surface area contributed by atoms with E-state index in [9.17, 15) is 4.79 Å². The molecule has 0 amide bonds. The van der Waals surface area contributed by atoms with Crippen LogP contribution in [0.1, 0.15) is 6.92 Å². The first-order chi connectivity index (χ1) is 3.31. The highest BCUT2D eigenvalue weighted by atomic mass is 16.1. The summed E-state index contributed by atoms with van der Waals surface area (Å²) in [6.07, 6.45) is 3.11. The molecular weight excluding hydrogens is 88.1 g/mol. The minimum atomic E-state index is 0.164. The molecule has 0 aromatic rings. The van der Waals surface area contributed by atoms with E-state index in [4.69, 9.17) is 0 Å². The lowest BCUT2D eigenvalue weighted by Crippen LogP contribution is -1.78. The van der Waals surface area contributed by atoms with Crippen molar-refractivity contribution >= 4 is 5.94 Å². The fourth-order valence-corrected chi connectivity index (χ4v) is 0.175. The minimum absolute atomic E-state index is 0.164. The SMILES string of the molecule is C=CC(C)C=C=O. The first kappa shape index (κ1) is 6.19. The zero-order chi connectivity index (χ0) is 5.70. The van der Waals surface area contributed by atoms with Gasteiger partial charge in [0.1, 0.15) is 5.94 Å². The second kappa shape index (κ2) is 3.38. The second-order valence-electron chi connectivity index (χ2n) is 1.38. The van der Waals surface area contributed by atoms with Gasteiger partial charge in [0, 0.05) is 12.0 Å². The zero-order valence-corrected chi connectivity index (χ0v) is 4.35. The van der Waals surface area contributed by atoms with Crippen molar-refractivity contribution < 1.29 is 4.79 Å². The second-order valence-corrected chi connectivity index (χ2v) is 1.38. The van der Waals surface area contributed by atoms with Crippen LogP contribution in [0.25, 0.3) is 0 Å². The maximum absolute atomic E-state index is 9.55. The summed E-state index contributed by atoms with van der Waals surface area (Å²) < 4.78 is 0. The first-order valence-electron chi connectivity index (χ1n) is 2.15. The lowest BCUT2D eigenvalue weighted by molar-refractivity contribution is 0.567. The Morgan fingerprint density at radius 2 is 2.43 bits per heavy atom. The molecule has 1 heteroatoms. The van der Waals surface area contributed by atoms with Crippen LogP contribution in [0.5, 0.6) is 0 Å². The fourth-order valence-electron chi connectivity index (χ4n) is 0.175. The van der Waals surface area contributed by atoms with Crippen molar-refractivity contribution in [1.29, 1.82) is 0 Å². The molecule has 1 unspecified atom stereocenters. The molecule has 0 bridgehead atoms. The third-order valence-corrected chi connectivity index (χ3v) is 0.703. The summed E-state index contributed by atoms with van der Waals surface area (Å²) in [5, 5.41) is 0. The molecule has 0 aliphatic carbocycles. The van der Waals surface area contributed by atoms with Crippen LogP contribution in [0, 0.1) is 5.92 Å². The third-order valence-electron chi connectivity index (χ3n) is 0.703. The number of allylic oxidation sites excluding steroid dienone is 2. The van der Waals surface area contributed by atoms with Gasteiger partial charge >= 0.3 is 0 Å². The van der Waals surface area contributed by atoms with Crippen LogP contribution in [0.2, 0.25) is 0 Å². The first-order valence-corrected chi connectivity index (χ1v) is 2.15. The summed E-state index contributed by atoms with van der Waals surface area (Å²) >= 11 is 0. The molecule has 1 nitrogen and oxygen atoms in total. The molecule has 38 valence electrons. The number of hydrogen-bond donors (Lipinski definition) is 0. The van der Waals surface area contributed by atoms with Crippen LogP contribution >= 0.6 is 0 Å². The molecule has 0 aromatic carbocycles. The van der Waals surface area contributed by atoms with Gasteiger partial charge in [-0.15, -0.1) is 6.58 Å². The van der Waals surface area contributed by atoms with E-state index in [1.807, 2.05) is 6.92 Å². The summed E-state index contributed by atoms with van der Waals surface area (Å²) in [6.45, 7) is 5.34. The van der Waals surface area contributed by atoms with Gasteiger partial charge in [0.2, 0.25) is 0 Å². The number of rotatable bonds is 2. The van der Waals surface area contributed by atoms with Crippen molar-refractivity contribution in [3.63, 3.8) is 0 Å². The standard InChI is InChI=1S/C6H8O/c1-3-6(2)4-5-7/h3-4,6H,1H2,2H3. The van der Waals surface area contributed by atoms with E-state index in [0.29, 0.717) is 0 Å². The van der Waals surface area contributed by atoms with E-state index in [2.05, 4.69) is 6.58 Å². The summed E-state index contributed by atoms with van der Waals surface area (Å²) in [5.41, 5.74) is 0. The summed E-state index contributed by atoms with van der Waals surface area (Å²) in [6, 6.07) is 0. The van der Waals surface area contributed by atoms with Crippen molar-refractivity contribution in [2.75, 3.05) is 0 Å². The monoisotopic (exact) mass is 96.1 g/mol. The molecule has 0 fully saturated rings. The third kappa shape index (κ3) is 3.01. The molecule has 0 heterocycles. The predicted molar refractivity (Wildman–Crippen MR) is 29.6 cm³/mol. The molecule has 0 rings (SSSR count). The van der Waals surface area contributed by atoms with Crippen molar-refractivity contribution in [2.24, 2.45) is 5.92 Å². The van der Waals surface area contributed by atoms with E-state index in [0.717, 1.165) is 0 Å². The maximum atomic E-state index is 9.55. The van der Waals surface area contributed by atoms with Crippen molar-refractivity contribution in [2.45, 2.75) is 6.92 Å². The van der Waals surface area contributed by atoms with E-state index >= 15 is 0 Å². The van der Waals surface area contributed by atoms with E-state index in [1.165, 1.54) is 6.08 Å². The van der Waals surface area contributed by atoms with Crippen LogP contribution in [-0.4, -0.2) is 5.94 Å². The van der Waals surface area contributed by atoms with Gasteiger partial charge in [0.25, 0.3) is 0 Å². The van der Waals surface area contributed by atoms with E-state index < -0.39 is 0 Å². The topological polar surface area (TPSA) is 17.1 Å². The quantitative estimate of drug-likeness (QED) is 0.373. The van der Waals surface area contributed by atoms with Crippen LogP contribution in [0.3, 0.4) is 0 Å². The summed E-state index contributed by atoms with van der Waals surface area (Å²) in [7, 11) is 0. The van der Waals surface area contributed by atoms with Crippen LogP contribution in [0.4, 0.5) is 0 Å². The molecule has 0 spiro atoms. The molecule has 0 saturated heterocycles. The highest BCUT2D eigenvalue weighted by Gasteiger charge is 1.82. The molecule has 0 aliphatic rings. The Morgan fingerprint density at radius 3 is 2.57 bits per heavy atom. The number of hydrogen-bond acceptors (Lipinski definition) is 1. The van der Waals surface area contributed by atoms with Crippen molar-refractivity contribution in [1.82, 2.24) is 0 Å². The Morgan fingerprint density at radius 1 is 1.86 bits per heavy atom. The maximum Gasteiger partial charge on any atom is 0.120 e. The zero-order valence-electron chi connectivity index (χ0n) is 4.35. The van der Waals surface area contributed by atoms with Gasteiger partial charge in [-0.2, -0.15) is 0 Å². The fraction of sp³-hybridized carbons (Fsp3) is 0.333. The van der Waals surface area contributed by atoms with Gasteiger partial charge < -0.3 is 0 Å². The lowest BCUT2D eigenvalue weighted by atomic mass is 10.2. The molecule has 0 N–H and O–H groups in total. The molecule has 0 radical (unpaired) electrons. The summed E-state index contributed by atoms with van der Waals surface area (Å²) in [4.78, 5) is 9.55. The Hall–Kier alpha value is -0.810. The Kier molecular flexibility index (Phi) is 2.99. The van der Waals surface area contributed by atoms with Gasteiger partial charge in [-0.1, -0.05) is 13.0 Å². The average Bonchev–Trinajstić information content (AvgIpc) is 1.68. The molecule has 0 aromatic heterocycles. The number of carbonyl (C=O) groups excluding carboxylic acids is 1. The van der Waals surface area contributed by atoms with Gasteiger partial charge in [-0.05, 0) is 0 Å². The predicted octanol–water partition coefficient (Wildman–Crippen LogP) is 1.20. The van der Waals surface area contributed by atoms with E-state index in [-0.39, 0.29) is 5.92 Å². The average molecular weight is 96.1 g/mol. The van der Waals surface area contributed by atoms with Crippen LogP contribution in [0.15, 0.2) is 18.7 Å². The lowest BCUT2D eigenvalue weighted by Gasteiger charge is -1.86. The molecule has 0 saturated carbocycles. The largest absolute Gasteiger partial charge is 0.234 e. The van der Waals surface area contributed by atoms with Crippen LogP contribution < -0.4 is 0 Å². The Labute approximate surface area is 43.3 Å². The van der Waals surface area contributed by atoms with Gasteiger partial charge in [0.15, 0.2) is 0 Å². The van der Waals surface area contributed by atoms with Gasteiger partial charge in [-0.3, -0.25) is 0 Å². The molecule has 1 atom stereocenters. The normalized spacial score (nSPS) is 11.6. The summed E-state index contributed by atoms with van der Waals surface area (Å²) in [5.74, 6) is 1.84. The van der Waals surface area contributed by atoms with Gasteiger partial charge in [0.05, 0.1) is 0 Å². The van der Waals surface area contributed by atoms with Crippen LogP contribution in [-0.2, 0) is 4.79 Å². The highest BCUT2D eigenvalue weighted by molar-refractivity contribution is 5.46. The molecule has 0 aliphatic heterocycles.